The molecule has 0 radical (unpaired) electrons. The van der Waals surface area contributed by atoms with E-state index in [4.69, 9.17) is 0 Å². The fourth-order valence-electron chi connectivity index (χ4n) is 1.87. The number of hydrogen-bond donors (Lipinski definition) is 0. The molecule has 3 nitrogen and oxygen atoms in total. The molecule has 0 saturated heterocycles. The molecule has 2 rings (SSSR count). The van der Waals surface area contributed by atoms with Crippen LogP contribution in [0.5, 0.6) is 0 Å². The second kappa shape index (κ2) is 6.66. The molecule has 0 spiro atoms. The third kappa shape index (κ3) is 3.54. The first-order valence-corrected chi connectivity index (χ1v) is 6.67. The minimum atomic E-state index is 0.0694. The highest BCUT2D eigenvalue weighted by Crippen LogP contribution is 2.15. The normalized spacial score (nSPS) is 10.7. The Morgan fingerprint density at radius 1 is 1.10 bits per heavy atom. The van der Waals surface area contributed by atoms with E-state index in [0.29, 0.717) is 5.56 Å². The summed E-state index contributed by atoms with van der Waals surface area (Å²) in [7, 11) is 0. The maximum atomic E-state index is 11.2. The van der Waals surface area contributed by atoms with Crippen molar-refractivity contribution < 1.29 is 4.79 Å². The van der Waals surface area contributed by atoms with Gasteiger partial charge in [0.2, 0.25) is 0 Å². The summed E-state index contributed by atoms with van der Waals surface area (Å²) < 4.78 is 0. The quantitative estimate of drug-likeness (QED) is 0.464. The van der Waals surface area contributed by atoms with Crippen molar-refractivity contribution in [3.8, 4) is 0 Å². The van der Waals surface area contributed by atoms with Crippen molar-refractivity contribution >= 4 is 23.5 Å². The molecular formula is C17H18N2O. The number of nitrogens with zero attached hydrogens (tertiary/aromatic N) is 2. The average molecular weight is 266 g/mol. The van der Waals surface area contributed by atoms with Gasteiger partial charge >= 0.3 is 0 Å². The predicted molar refractivity (Wildman–Crippen MR) is 84.1 cm³/mol. The SMILES string of the molecule is CCN(C=Nc1ccc(C(C)=O)cc1)c1ccccc1. The lowest BCUT2D eigenvalue weighted by Gasteiger charge is -2.16. The molecule has 0 heterocycles. The molecule has 0 aliphatic rings. The summed E-state index contributed by atoms with van der Waals surface area (Å²) in [4.78, 5) is 17.7. The third-order valence-electron chi connectivity index (χ3n) is 3.05. The summed E-state index contributed by atoms with van der Waals surface area (Å²) in [5, 5.41) is 0. The van der Waals surface area contributed by atoms with E-state index >= 15 is 0 Å². The van der Waals surface area contributed by atoms with E-state index < -0.39 is 0 Å². The van der Waals surface area contributed by atoms with E-state index in [0.717, 1.165) is 17.9 Å². The summed E-state index contributed by atoms with van der Waals surface area (Å²) in [5.74, 6) is 0.0694. The van der Waals surface area contributed by atoms with Crippen LogP contribution in [0.1, 0.15) is 24.2 Å². The van der Waals surface area contributed by atoms with Gasteiger partial charge in [-0.3, -0.25) is 4.79 Å². The Morgan fingerprint density at radius 3 is 2.30 bits per heavy atom. The van der Waals surface area contributed by atoms with Crippen molar-refractivity contribution in [3.05, 3.63) is 60.2 Å². The molecule has 0 bridgehead atoms. The summed E-state index contributed by atoms with van der Waals surface area (Å²) in [6.07, 6.45) is 1.82. The van der Waals surface area contributed by atoms with Crippen LogP contribution in [0.3, 0.4) is 0 Å². The van der Waals surface area contributed by atoms with Gasteiger partial charge in [0.1, 0.15) is 0 Å². The predicted octanol–water partition coefficient (Wildman–Crippen LogP) is 4.08. The number of ketones is 1. The highest BCUT2D eigenvalue weighted by molar-refractivity contribution is 5.94. The largest absolute Gasteiger partial charge is 0.333 e. The van der Waals surface area contributed by atoms with Gasteiger partial charge in [-0.2, -0.15) is 0 Å². The zero-order valence-electron chi connectivity index (χ0n) is 11.8. The van der Waals surface area contributed by atoms with Crippen LogP contribution >= 0.6 is 0 Å². The molecule has 0 fully saturated rings. The molecule has 0 aliphatic heterocycles. The first-order chi connectivity index (χ1) is 9.70. The second-order valence-electron chi connectivity index (χ2n) is 4.47. The zero-order chi connectivity index (χ0) is 14.4. The van der Waals surface area contributed by atoms with Crippen molar-refractivity contribution in [3.63, 3.8) is 0 Å². The van der Waals surface area contributed by atoms with E-state index in [1.807, 2.05) is 48.8 Å². The maximum Gasteiger partial charge on any atom is 0.159 e. The Hall–Kier alpha value is -2.42. The van der Waals surface area contributed by atoms with Gasteiger partial charge in [0.25, 0.3) is 0 Å². The number of Topliss-reactive ketones (excluding diaryl/α,β-unsaturated/α-hetero) is 1. The van der Waals surface area contributed by atoms with Crippen LogP contribution in [0.25, 0.3) is 0 Å². The molecule has 102 valence electrons. The fraction of sp³-hybridized carbons (Fsp3) is 0.176. The first kappa shape index (κ1) is 14.0. The van der Waals surface area contributed by atoms with Gasteiger partial charge in [0.05, 0.1) is 12.0 Å². The first-order valence-electron chi connectivity index (χ1n) is 6.67. The summed E-state index contributed by atoms with van der Waals surface area (Å²) >= 11 is 0. The summed E-state index contributed by atoms with van der Waals surface area (Å²) in [6.45, 7) is 4.49. The Bertz CT molecular complexity index is 588. The molecule has 20 heavy (non-hydrogen) atoms. The topological polar surface area (TPSA) is 32.7 Å². The van der Waals surface area contributed by atoms with E-state index in [-0.39, 0.29) is 5.78 Å². The molecule has 0 aromatic heterocycles. The van der Waals surface area contributed by atoms with Crippen molar-refractivity contribution in [1.82, 2.24) is 0 Å². The lowest BCUT2D eigenvalue weighted by atomic mass is 10.1. The van der Waals surface area contributed by atoms with Crippen LogP contribution in [0.15, 0.2) is 59.6 Å². The molecule has 3 heteroatoms. The Balaban J connectivity index is 2.13. The number of benzene rings is 2. The Morgan fingerprint density at radius 2 is 1.75 bits per heavy atom. The molecule has 2 aromatic carbocycles. The van der Waals surface area contributed by atoms with Crippen LogP contribution in [-0.2, 0) is 0 Å². The number of para-hydroxylation sites is 1. The van der Waals surface area contributed by atoms with Gasteiger partial charge in [-0.05, 0) is 50.2 Å². The summed E-state index contributed by atoms with van der Waals surface area (Å²) in [6, 6.07) is 17.4. The smallest absolute Gasteiger partial charge is 0.159 e. The van der Waals surface area contributed by atoms with E-state index in [9.17, 15) is 4.79 Å². The number of rotatable bonds is 5. The second-order valence-corrected chi connectivity index (χ2v) is 4.47. The molecule has 0 amide bonds. The van der Waals surface area contributed by atoms with E-state index in [1.54, 1.807) is 19.1 Å². The molecule has 0 unspecified atom stereocenters. The molecular weight excluding hydrogens is 248 g/mol. The van der Waals surface area contributed by atoms with Gasteiger partial charge < -0.3 is 4.90 Å². The standard InChI is InChI=1S/C17H18N2O/c1-3-19(17-7-5-4-6-8-17)13-18-16-11-9-15(10-12-16)14(2)20/h4-13H,3H2,1-2H3. The summed E-state index contributed by atoms with van der Waals surface area (Å²) in [5.41, 5.74) is 2.66. The van der Waals surface area contributed by atoms with Gasteiger partial charge in [0, 0.05) is 17.8 Å². The van der Waals surface area contributed by atoms with Gasteiger partial charge in [-0.15, -0.1) is 0 Å². The number of anilines is 1. The van der Waals surface area contributed by atoms with Crippen LogP contribution in [0.4, 0.5) is 11.4 Å². The monoisotopic (exact) mass is 266 g/mol. The number of carbonyl (C=O) groups excluding carboxylic acids is 1. The molecule has 0 atom stereocenters. The molecule has 0 aliphatic carbocycles. The zero-order valence-corrected chi connectivity index (χ0v) is 11.8. The van der Waals surface area contributed by atoms with Gasteiger partial charge in [0.15, 0.2) is 5.78 Å². The Kier molecular flexibility index (Phi) is 4.66. The van der Waals surface area contributed by atoms with E-state index in [2.05, 4.69) is 16.8 Å². The van der Waals surface area contributed by atoms with Gasteiger partial charge in [-0.25, -0.2) is 4.99 Å². The lowest BCUT2D eigenvalue weighted by molar-refractivity contribution is 0.101. The maximum absolute atomic E-state index is 11.2. The third-order valence-corrected chi connectivity index (χ3v) is 3.05. The molecule has 0 saturated carbocycles. The number of aliphatic imine (C=N–C) groups is 1. The van der Waals surface area contributed by atoms with Crippen LogP contribution < -0.4 is 4.90 Å². The van der Waals surface area contributed by atoms with E-state index in [1.165, 1.54) is 0 Å². The lowest BCUT2D eigenvalue weighted by Crippen LogP contribution is -2.19. The van der Waals surface area contributed by atoms with Crippen LogP contribution in [0, 0.1) is 0 Å². The highest BCUT2D eigenvalue weighted by atomic mass is 16.1. The number of hydrogen-bond acceptors (Lipinski definition) is 2. The van der Waals surface area contributed by atoms with Crippen LogP contribution in [-0.4, -0.2) is 18.7 Å². The van der Waals surface area contributed by atoms with Crippen molar-refractivity contribution in [2.45, 2.75) is 13.8 Å². The Labute approximate surface area is 119 Å². The fourth-order valence-corrected chi connectivity index (χ4v) is 1.87. The average Bonchev–Trinajstić information content (AvgIpc) is 2.49. The molecule has 0 N–H and O–H groups in total. The highest BCUT2D eigenvalue weighted by Gasteiger charge is 2.00. The minimum Gasteiger partial charge on any atom is -0.333 e. The molecule has 2 aromatic rings. The van der Waals surface area contributed by atoms with Crippen molar-refractivity contribution in [2.24, 2.45) is 4.99 Å². The number of carbonyl (C=O) groups is 1. The van der Waals surface area contributed by atoms with Crippen molar-refractivity contribution in [1.29, 1.82) is 0 Å². The van der Waals surface area contributed by atoms with Gasteiger partial charge in [-0.1, -0.05) is 18.2 Å². The van der Waals surface area contributed by atoms with Crippen LogP contribution in [0.2, 0.25) is 0 Å². The minimum absolute atomic E-state index is 0.0694. The van der Waals surface area contributed by atoms with Crippen molar-refractivity contribution in [2.75, 3.05) is 11.4 Å².